The molecule has 1 saturated carbocycles. The number of hydrogen-bond acceptors (Lipinski definition) is 7. The first-order valence-electron chi connectivity index (χ1n) is 14.4. The van der Waals surface area contributed by atoms with Crippen LogP contribution in [0.25, 0.3) is 16.6 Å². The van der Waals surface area contributed by atoms with Crippen LogP contribution in [-0.2, 0) is 16.4 Å². The highest BCUT2D eigenvalue weighted by Gasteiger charge is 2.57. The number of benzene rings is 2. The highest BCUT2D eigenvalue weighted by molar-refractivity contribution is 9.10. The molecule has 2 aliphatic heterocycles. The summed E-state index contributed by atoms with van der Waals surface area (Å²) >= 11 is 10.3. The number of fused-ring (bicyclic) bond motifs is 5. The minimum Gasteiger partial charge on any atom is -0.303 e. The van der Waals surface area contributed by atoms with Crippen LogP contribution >= 0.6 is 27.5 Å². The van der Waals surface area contributed by atoms with E-state index in [1.165, 1.54) is 16.7 Å². The van der Waals surface area contributed by atoms with Gasteiger partial charge in [0.05, 0.1) is 40.4 Å². The van der Waals surface area contributed by atoms with Gasteiger partial charge in [-0.2, -0.15) is 5.10 Å². The predicted molar refractivity (Wildman–Crippen MR) is 169 cm³/mol. The van der Waals surface area contributed by atoms with Crippen LogP contribution in [0.4, 0.5) is 17.6 Å². The Balaban J connectivity index is 1.45. The van der Waals surface area contributed by atoms with Crippen molar-refractivity contribution in [2.24, 2.45) is 11.0 Å². The maximum absolute atomic E-state index is 14.5. The summed E-state index contributed by atoms with van der Waals surface area (Å²) in [5, 5.41) is 8.51. The second-order valence-corrected chi connectivity index (χ2v) is 15.3. The fourth-order valence-electron chi connectivity index (χ4n) is 6.64. The van der Waals surface area contributed by atoms with Crippen molar-refractivity contribution in [3.05, 3.63) is 90.9 Å². The van der Waals surface area contributed by atoms with Crippen molar-refractivity contribution in [3.8, 4) is 0 Å². The minimum absolute atomic E-state index is 0.0163. The van der Waals surface area contributed by atoms with Crippen LogP contribution in [0.15, 0.2) is 67.4 Å². The van der Waals surface area contributed by atoms with E-state index < -0.39 is 62.9 Å². The molecule has 0 spiro atoms. The Morgan fingerprint density at radius 1 is 1.17 bits per heavy atom. The fourth-order valence-corrected chi connectivity index (χ4v) is 8.81. The molecule has 7 rings (SSSR count). The largest absolute Gasteiger partial charge is 0.303 e. The molecule has 3 heterocycles. The van der Waals surface area contributed by atoms with E-state index >= 15 is 0 Å². The lowest BCUT2D eigenvalue weighted by atomic mass is 9.76. The average molecular weight is 742 g/mol. The van der Waals surface area contributed by atoms with Crippen molar-refractivity contribution in [1.82, 2.24) is 24.6 Å². The summed E-state index contributed by atoms with van der Waals surface area (Å²) in [6.07, 6.45) is -0.358. The topological polar surface area (TPSA) is 109 Å². The Labute approximate surface area is 274 Å². The van der Waals surface area contributed by atoms with Crippen LogP contribution in [0.3, 0.4) is 0 Å². The van der Waals surface area contributed by atoms with Gasteiger partial charge in [-0.1, -0.05) is 27.5 Å². The molecule has 1 aromatic heterocycles. The van der Waals surface area contributed by atoms with E-state index in [1.54, 1.807) is 31.2 Å². The van der Waals surface area contributed by atoms with E-state index in [-0.39, 0.29) is 40.7 Å². The highest BCUT2D eigenvalue weighted by atomic mass is 79.9. The zero-order chi connectivity index (χ0) is 32.7. The molecule has 9 nitrogen and oxygen atoms in total. The molecule has 4 aliphatic rings. The first-order chi connectivity index (χ1) is 21.8. The van der Waals surface area contributed by atoms with Crippen molar-refractivity contribution in [1.29, 1.82) is 0 Å². The third-order valence-electron chi connectivity index (χ3n) is 8.79. The molecule has 3 atom stereocenters. The van der Waals surface area contributed by atoms with E-state index in [9.17, 15) is 30.8 Å². The smallest absolute Gasteiger partial charge is 0.265 e. The standard InChI is InChI=1S/C30H26BrClF4N6O3S/c1-30-25(27(39-41(30)13-24(35)36)40-46(44,45)19-3-4-19)21(32)9-15-12-37-23(8-14-6-17(33)11-18(34)7-14)28-38-22-10-16(31)2-5-20(22)29(43)42(28)26(15)30/h2,5-7,9-11,19,23-25,37H,3-4,8,12-13H2,1H3,(H,39,40)/t23-,25?,30?/m0/s1. The molecule has 2 unspecified atom stereocenters. The number of nitrogens with one attached hydrogen (secondary N) is 2. The van der Waals surface area contributed by atoms with Gasteiger partial charge in [-0.05, 0) is 73.7 Å². The first-order valence-corrected chi connectivity index (χ1v) is 17.2. The summed E-state index contributed by atoms with van der Waals surface area (Å²) < 4.78 is 87.3. The second-order valence-electron chi connectivity index (χ2n) is 12.0. The molecule has 16 heteroatoms. The zero-order valence-corrected chi connectivity index (χ0v) is 27.2. The Bertz CT molecular complexity index is 2050. The Morgan fingerprint density at radius 2 is 1.89 bits per heavy atom. The van der Waals surface area contributed by atoms with Crippen LogP contribution in [0.1, 0.15) is 37.2 Å². The Hall–Kier alpha value is -3.27. The van der Waals surface area contributed by atoms with E-state index in [1.807, 2.05) is 0 Å². The van der Waals surface area contributed by atoms with Gasteiger partial charge in [0.15, 0.2) is 0 Å². The molecule has 0 bridgehead atoms. The average Bonchev–Trinajstić information content (AvgIpc) is 3.78. The van der Waals surface area contributed by atoms with E-state index in [2.05, 4.69) is 31.1 Å². The molecular formula is C30H26BrClF4N6O3S. The normalized spacial score (nSPS) is 24.4. The quantitative estimate of drug-likeness (QED) is 0.344. The molecular weight excluding hydrogens is 716 g/mol. The van der Waals surface area contributed by atoms with E-state index in [0.717, 1.165) is 11.1 Å². The van der Waals surface area contributed by atoms with Gasteiger partial charge in [-0.3, -0.25) is 19.1 Å². The SMILES string of the molecule is CC12C3=C(C=C(Cl)C1C(NS(=O)(=O)C1CC1)=NN2CC(F)F)CN[C@@H](Cc1cc(F)cc(F)c1)c1nc2cc(Br)ccc2c(=O)n13. The van der Waals surface area contributed by atoms with E-state index in [4.69, 9.17) is 16.6 Å². The molecule has 0 saturated heterocycles. The summed E-state index contributed by atoms with van der Waals surface area (Å²) in [4.78, 5) is 19.4. The van der Waals surface area contributed by atoms with Crippen LogP contribution < -0.4 is 15.6 Å². The van der Waals surface area contributed by atoms with Crippen LogP contribution in [-0.4, -0.2) is 59.1 Å². The molecule has 0 amide bonds. The number of hydrogen-bond donors (Lipinski definition) is 2. The lowest BCUT2D eigenvalue weighted by Gasteiger charge is -2.44. The number of halogens is 6. The van der Waals surface area contributed by atoms with Crippen molar-refractivity contribution in [2.75, 3.05) is 13.1 Å². The third-order valence-corrected chi connectivity index (χ3v) is 11.4. The van der Waals surface area contributed by atoms with Gasteiger partial charge >= 0.3 is 0 Å². The molecule has 46 heavy (non-hydrogen) atoms. The van der Waals surface area contributed by atoms with Gasteiger partial charge in [0.2, 0.25) is 10.0 Å². The molecule has 0 radical (unpaired) electrons. The summed E-state index contributed by atoms with van der Waals surface area (Å²) in [5.74, 6) is -2.56. The van der Waals surface area contributed by atoms with Gasteiger partial charge in [0.1, 0.15) is 28.8 Å². The predicted octanol–water partition coefficient (Wildman–Crippen LogP) is 5.02. The molecule has 2 aromatic carbocycles. The van der Waals surface area contributed by atoms with Gasteiger partial charge in [-0.15, -0.1) is 0 Å². The number of nitrogens with zero attached hydrogens (tertiary/aromatic N) is 4. The van der Waals surface area contributed by atoms with Crippen LogP contribution in [0.5, 0.6) is 0 Å². The maximum Gasteiger partial charge on any atom is 0.265 e. The lowest BCUT2D eigenvalue weighted by molar-refractivity contribution is 0.0522. The van der Waals surface area contributed by atoms with Gasteiger partial charge in [-0.25, -0.2) is 31.0 Å². The third kappa shape index (κ3) is 5.24. The monoisotopic (exact) mass is 740 g/mol. The van der Waals surface area contributed by atoms with Gasteiger partial charge in [0.25, 0.3) is 12.0 Å². The molecule has 1 fully saturated rings. The molecule has 2 N–H and O–H groups in total. The van der Waals surface area contributed by atoms with Gasteiger partial charge in [0, 0.05) is 22.1 Å². The first kappa shape index (κ1) is 31.3. The van der Waals surface area contributed by atoms with Crippen LogP contribution in [0, 0.1) is 17.6 Å². The van der Waals surface area contributed by atoms with Crippen molar-refractivity contribution in [3.63, 3.8) is 0 Å². The number of alkyl halides is 2. The van der Waals surface area contributed by atoms with Crippen molar-refractivity contribution >= 4 is 60.0 Å². The molecule has 3 aromatic rings. The Kier molecular flexibility index (Phi) is 7.61. The Morgan fingerprint density at radius 3 is 2.57 bits per heavy atom. The number of aromatic nitrogens is 2. The number of sulfonamides is 1. The molecule has 2 aliphatic carbocycles. The minimum atomic E-state index is -3.87. The van der Waals surface area contributed by atoms with Crippen molar-refractivity contribution < 1.29 is 26.0 Å². The number of rotatable bonds is 6. The van der Waals surface area contributed by atoms with E-state index in [0.29, 0.717) is 34.0 Å². The van der Waals surface area contributed by atoms with Gasteiger partial charge < -0.3 is 5.32 Å². The summed E-state index contributed by atoms with van der Waals surface area (Å²) in [7, 11) is -3.87. The molecule has 242 valence electrons. The van der Waals surface area contributed by atoms with Crippen molar-refractivity contribution in [2.45, 2.75) is 49.4 Å². The summed E-state index contributed by atoms with van der Waals surface area (Å²) in [6.45, 7) is 0.766. The second kappa shape index (κ2) is 11.2. The zero-order valence-electron chi connectivity index (χ0n) is 24.1. The number of amidine groups is 1. The fraction of sp³-hybridized carbons (Fsp3) is 0.367. The summed E-state index contributed by atoms with van der Waals surface area (Å²) in [6, 6.07) is 7.26. The summed E-state index contributed by atoms with van der Waals surface area (Å²) in [5.41, 5.74) is -0.770. The lowest BCUT2D eigenvalue weighted by Crippen LogP contribution is -2.54. The maximum atomic E-state index is 14.5. The highest BCUT2D eigenvalue weighted by Crippen LogP contribution is 2.51. The number of hydrazone groups is 1. The van der Waals surface area contributed by atoms with Crippen LogP contribution in [0.2, 0.25) is 0 Å².